The Bertz CT molecular complexity index is 462. The lowest BCUT2D eigenvalue weighted by molar-refractivity contribution is -0.131. The van der Waals surface area contributed by atoms with Gasteiger partial charge in [-0.3, -0.25) is 4.79 Å². The van der Waals surface area contributed by atoms with Crippen molar-refractivity contribution >= 4 is 5.91 Å². The predicted octanol–water partition coefficient (Wildman–Crippen LogP) is 2.28. The molecule has 1 aromatic rings. The van der Waals surface area contributed by atoms with Crippen LogP contribution in [0.3, 0.4) is 0 Å². The summed E-state index contributed by atoms with van der Waals surface area (Å²) in [7, 11) is 0. The molecule has 0 aliphatic carbocycles. The molecule has 2 fully saturated rings. The van der Waals surface area contributed by atoms with Crippen LogP contribution >= 0.6 is 0 Å². The molecule has 2 saturated heterocycles. The fourth-order valence-electron chi connectivity index (χ4n) is 3.54. The SMILES string of the molecule is Cc1ccc(CC(=O)N2CCCC2C2CCCN2)cc1. The third-order valence-electron chi connectivity index (χ3n) is 4.66. The van der Waals surface area contributed by atoms with Crippen molar-refractivity contribution in [1.82, 2.24) is 10.2 Å². The van der Waals surface area contributed by atoms with Gasteiger partial charge >= 0.3 is 0 Å². The molecule has 1 N–H and O–H groups in total. The van der Waals surface area contributed by atoms with Crippen LogP contribution in [0.1, 0.15) is 36.8 Å². The summed E-state index contributed by atoms with van der Waals surface area (Å²) < 4.78 is 0. The zero-order chi connectivity index (χ0) is 13.9. The van der Waals surface area contributed by atoms with Gasteiger partial charge in [0.2, 0.25) is 5.91 Å². The molecular weight excluding hydrogens is 248 g/mol. The number of nitrogens with one attached hydrogen (secondary N) is 1. The van der Waals surface area contributed by atoms with Crippen LogP contribution in [0.2, 0.25) is 0 Å². The van der Waals surface area contributed by atoms with E-state index in [1.165, 1.54) is 18.4 Å². The van der Waals surface area contributed by atoms with Gasteiger partial charge in [0.1, 0.15) is 0 Å². The maximum atomic E-state index is 12.6. The minimum Gasteiger partial charge on any atom is -0.338 e. The lowest BCUT2D eigenvalue weighted by Crippen LogP contribution is -2.47. The lowest BCUT2D eigenvalue weighted by Gasteiger charge is -2.29. The first-order valence-electron chi connectivity index (χ1n) is 7.82. The van der Waals surface area contributed by atoms with Gasteiger partial charge in [0, 0.05) is 18.6 Å². The summed E-state index contributed by atoms with van der Waals surface area (Å²) >= 11 is 0. The molecule has 3 nitrogen and oxygen atoms in total. The van der Waals surface area contributed by atoms with Crippen molar-refractivity contribution in [2.75, 3.05) is 13.1 Å². The van der Waals surface area contributed by atoms with Crippen molar-refractivity contribution < 1.29 is 4.79 Å². The fourth-order valence-corrected chi connectivity index (χ4v) is 3.54. The number of hydrogen-bond acceptors (Lipinski definition) is 2. The Hall–Kier alpha value is -1.35. The first-order valence-corrected chi connectivity index (χ1v) is 7.82. The van der Waals surface area contributed by atoms with Gasteiger partial charge in [-0.25, -0.2) is 0 Å². The van der Waals surface area contributed by atoms with Gasteiger partial charge in [0.25, 0.3) is 0 Å². The molecule has 1 amide bonds. The molecule has 0 aromatic heterocycles. The maximum absolute atomic E-state index is 12.6. The Kier molecular flexibility index (Phi) is 4.06. The van der Waals surface area contributed by atoms with Crippen LogP contribution in [-0.4, -0.2) is 36.0 Å². The molecule has 0 saturated carbocycles. The second-order valence-electron chi connectivity index (χ2n) is 6.16. The number of amides is 1. The normalized spacial score (nSPS) is 26.1. The summed E-state index contributed by atoms with van der Waals surface area (Å²) in [6, 6.07) is 9.28. The molecule has 108 valence electrons. The number of likely N-dealkylation sites (tertiary alicyclic amines) is 1. The average molecular weight is 272 g/mol. The van der Waals surface area contributed by atoms with Crippen molar-refractivity contribution in [3.63, 3.8) is 0 Å². The van der Waals surface area contributed by atoms with Crippen LogP contribution in [0.15, 0.2) is 24.3 Å². The Labute approximate surface area is 121 Å². The van der Waals surface area contributed by atoms with E-state index in [4.69, 9.17) is 0 Å². The van der Waals surface area contributed by atoms with Gasteiger partial charge in [-0.1, -0.05) is 29.8 Å². The fraction of sp³-hybridized carbons (Fsp3) is 0.588. The van der Waals surface area contributed by atoms with E-state index in [0.717, 1.165) is 31.5 Å². The molecule has 0 bridgehead atoms. The Balaban J connectivity index is 1.64. The highest BCUT2D eigenvalue weighted by atomic mass is 16.2. The third-order valence-corrected chi connectivity index (χ3v) is 4.66. The van der Waals surface area contributed by atoms with E-state index in [0.29, 0.717) is 24.4 Å². The maximum Gasteiger partial charge on any atom is 0.227 e. The highest BCUT2D eigenvalue weighted by molar-refractivity contribution is 5.79. The molecule has 0 radical (unpaired) electrons. The van der Waals surface area contributed by atoms with Crippen LogP contribution in [0, 0.1) is 6.92 Å². The van der Waals surface area contributed by atoms with Crippen LogP contribution < -0.4 is 5.32 Å². The zero-order valence-corrected chi connectivity index (χ0v) is 12.3. The highest BCUT2D eigenvalue weighted by Gasteiger charge is 2.35. The van der Waals surface area contributed by atoms with Gasteiger partial charge < -0.3 is 10.2 Å². The number of aryl methyl sites for hydroxylation is 1. The van der Waals surface area contributed by atoms with E-state index >= 15 is 0 Å². The number of hydrogen-bond donors (Lipinski definition) is 1. The van der Waals surface area contributed by atoms with E-state index < -0.39 is 0 Å². The molecule has 2 heterocycles. The molecule has 3 rings (SSSR count). The van der Waals surface area contributed by atoms with Crippen LogP contribution in [0.4, 0.5) is 0 Å². The lowest BCUT2D eigenvalue weighted by atomic mass is 10.0. The summed E-state index contributed by atoms with van der Waals surface area (Å²) in [5.41, 5.74) is 2.38. The minimum absolute atomic E-state index is 0.296. The average Bonchev–Trinajstić information content (AvgIpc) is 3.11. The van der Waals surface area contributed by atoms with Crippen LogP contribution in [-0.2, 0) is 11.2 Å². The Morgan fingerprint density at radius 3 is 2.75 bits per heavy atom. The first-order chi connectivity index (χ1) is 9.74. The molecule has 2 aliphatic rings. The van der Waals surface area contributed by atoms with Crippen molar-refractivity contribution in [1.29, 1.82) is 0 Å². The van der Waals surface area contributed by atoms with Gasteiger partial charge in [-0.15, -0.1) is 0 Å². The Morgan fingerprint density at radius 1 is 1.25 bits per heavy atom. The van der Waals surface area contributed by atoms with Gasteiger partial charge in [-0.2, -0.15) is 0 Å². The number of carbonyl (C=O) groups excluding carboxylic acids is 1. The quantitative estimate of drug-likeness (QED) is 0.915. The van der Waals surface area contributed by atoms with E-state index in [-0.39, 0.29) is 0 Å². The Morgan fingerprint density at radius 2 is 2.05 bits per heavy atom. The highest BCUT2D eigenvalue weighted by Crippen LogP contribution is 2.25. The molecule has 2 atom stereocenters. The van der Waals surface area contributed by atoms with E-state index in [1.54, 1.807) is 0 Å². The van der Waals surface area contributed by atoms with Crippen molar-refractivity contribution in [3.8, 4) is 0 Å². The van der Waals surface area contributed by atoms with Crippen molar-refractivity contribution in [2.24, 2.45) is 0 Å². The zero-order valence-electron chi connectivity index (χ0n) is 12.3. The number of carbonyl (C=O) groups is 1. The topological polar surface area (TPSA) is 32.3 Å². The van der Waals surface area contributed by atoms with Crippen molar-refractivity contribution in [2.45, 2.75) is 51.1 Å². The van der Waals surface area contributed by atoms with Crippen LogP contribution in [0.25, 0.3) is 0 Å². The second kappa shape index (κ2) is 5.96. The van der Waals surface area contributed by atoms with E-state index in [1.807, 2.05) is 0 Å². The summed E-state index contributed by atoms with van der Waals surface area (Å²) in [6.45, 7) is 4.13. The minimum atomic E-state index is 0.296. The van der Waals surface area contributed by atoms with Crippen molar-refractivity contribution in [3.05, 3.63) is 35.4 Å². The van der Waals surface area contributed by atoms with E-state index in [9.17, 15) is 4.79 Å². The summed E-state index contributed by atoms with van der Waals surface area (Å²) in [5, 5.41) is 3.56. The van der Waals surface area contributed by atoms with Crippen LogP contribution in [0.5, 0.6) is 0 Å². The van der Waals surface area contributed by atoms with Gasteiger partial charge in [0.15, 0.2) is 0 Å². The largest absolute Gasteiger partial charge is 0.338 e. The number of rotatable bonds is 3. The molecule has 2 aliphatic heterocycles. The molecule has 0 spiro atoms. The summed E-state index contributed by atoms with van der Waals surface area (Å²) in [5.74, 6) is 0.296. The van der Waals surface area contributed by atoms with Gasteiger partial charge in [-0.05, 0) is 44.7 Å². The molecule has 3 heteroatoms. The summed E-state index contributed by atoms with van der Waals surface area (Å²) in [4.78, 5) is 14.7. The standard InChI is InChI=1S/C17H24N2O/c1-13-6-8-14(9-7-13)12-17(20)19-11-3-5-16(19)15-4-2-10-18-15/h6-9,15-16,18H,2-5,10-12H2,1H3. The molecular formula is C17H24N2O. The first kappa shape index (κ1) is 13.6. The number of benzene rings is 1. The third kappa shape index (κ3) is 2.88. The number of nitrogens with zero attached hydrogens (tertiary/aromatic N) is 1. The van der Waals surface area contributed by atoms with E-state index in [2.05, 4.69) is 41.4 Å². The second-order valence-corrected chi connectivity index (χ2v) is 6.16. The molecule has 20 heavy (non-hydrogen) atoms. The molecule has 2 unspecified atom stereocenters. The monoisotopic (exact) mass is 272 g/mol. The molecule has 1 aromatic carbocycles. The smallest absolute Gasteiger partial charge is 0.227 e. The van der Waals surface area contributed by atoms with Gasteiger partial charge in [0.05, 0.1) is 6.42 Å². The summed E-state index contributed by atoms with van der Waals surface area (Å²) in [6.07, 6.45) is 5.34. The predicted molar refractivity (Wildman–Crippen MR) is 80.6 cm³/mol.